The van der Waals surface area contributed by atoms with Crippen molar-refractivity contribution in [3.8, 4) is 0 Å². The van der Waals surface area contributed by atoms with Gasteiger partial charge in [-0.3, -0.25) is 0 Å². The number of hydrogen-bond donors (Lipinski definition) is 1. The molecule has 0 atom stereocenters. The van der Waals surface area contributed by atoms with Crippen molar-refractivity contribution in [1.29, 1.82) is 0 Å². The van der Waals surface area contributed by atoms with Gasteiger partial charge in [0.15, 0.2) is 0 Å². The van der Waals surface area contributed by atoms with Crippen molar-refractivity contribution in [3.63, 3.8) is 0 Å². The van der Waals surface area contributed by atoms with Crippen molar-refractivity contribution >= 4 is 19.5 Å². The van der Waals surface area contributed by atoms with Crippen LogP contribution in [-0.2, 0) is 0 Å². The number of nitrogens with two attached hydrogens (primary N) is 1. The zero-order valence-electron chi connectivity index (χ0n) is 5.29. The predicted molar refractivity (Wildman–Crippen MR) is 26.2 cm³/mol. The first-order valence-corrected chi connectivity index (χ1v) is 7.96. The van der Waals surface area contributed by atoms with E-state index in [-0.39, 0.29) is 0 Å². The summed E-state index contributed by atoms with van der Waals surface area (Å²) in [7, 11) is 4.00. The minimum absolute atomic E-state index is 2.00. The number of halogens is 6. The molecule has 68 valence electrons. The van der Waals surface area contributed by atoms with Gasteiger partial charge < -0.3 is 5.32 Å². The molecule has 0 aromatic heterocycles. The van der Waals surface area contributed by atoms with E-state index in [0.29, 0.717) is 0 Å². The summed E-state index contributed by atoms with van der Waals surface area (Å²) in [5.41, 5.74) is 0. The Balaban J connectivity index is 0. The van der Waals surface area contributed by atoms with E-state index in [0.717, 1.165) is 0 Å². The Morgan fingerprint density at radius 1 is 0.800 bits per heavy atom. The molecule has 2 N–H and O–H groups in total. The van der Waals surface area contributed by atoms with Crippen LogP contribution in [0.1, 0.15) is 0 Å². The van der Waals surface area contributed by atoms with Gasteiger partial charge in [0.25, 0.3) is 0 Å². The summed E-state index contributed by atoms with van der Waals surface area (Å²) >= 11 is -11.2. The van der Waals surface area contributed by atoms with E-state index in [2.05, 4.69) is 0 Å². The first-order chi connectivity index (χ1) is 3.86. The monoisotopic (exact) mass is 281 g/mol. The number of quaternary nitrogens is 1. The fraction of sp³-hybridized carbons (Fsp3) is 1.00. The fourth-order valence-electron chi connectivity index (χ4n) is 0. The van der Waals surface area contributed by atoms with E-state index in [1.54, 1.807) is 0 Å². The van der Waals surface area contributed by atoms with Gasteiger partial charge >= 0.3 is 36.4 Å². The quantitative estimate of drug-likeness (QED) is 0.503. The summed E-state index contributed by atoms with van der Waals surface area (Å²) in [5, 5.41) is 2.00. The molecule has 0 spiro atoms. The molecule has 10 heavy (non-hydrogen) atoms. The third kappa shape index (κ3) is 3530. The van der Waals surface area contributed by atoms with E-state index in [1.807, 2.05) is 19.4 Å². The molecule has 0 amide bonds. The molecule has 0 heterocycles. The second-order valence-electron chi connectivity index (χ2n) is 1.54. The van der Waals surface area contributed by atoms with Crippen LogP contribution in [-0.4, -0.2) is 33.6 Å². The molecule has 0 rings (SSSR count). The molecular formula is C2H8F6NSb. The van der Waals surface area contributed by atoms with Crippen LogP contribution in [0.3, 0.4) is 0 Å². The van der Waals surface area contributed by atoms with Crippen molar-refractivity contribution in [2.75, 3.05) is 14.1 Å². The molecular weight excluding hydrogens is 274 g/mol. The third-order valence-electron chi connectivity index (χ3n) is 0. The normalized spacial score (nSPS) is 18.0. The van der Waals surface area contributed by atoms with Crippen molar-refractivity contribution in [2.24, 2.45) is 0 Å². The van der Waals surface area contributed by atoms with E-state index in [9.17, 15) is 16.9 Å². The van der Waals surface area contributed by atoms with Gasteiger partial charge in [0.05, 0.1) is 14.1 Å². The molecule has 0 fully saturated rings. The van der Waals surface area contributed by atoms with Crippen LogP contribution in [0, 0.1) is 0 Å². The second kappa shape index (κ2) is 2.44. The standard InChI is InChI=1S/C2H7N.6FH.Sb/c1-3-2;;;;;;;/h3H,1-2H3;6*1H;/q;;;;;;;+5/p-5. The Morgan fingerprint density at radius 3 is 0.800 bits per heavy atom. The molecule has 0 aliphatic heterocycles. The van der Waals surface area contributed by atoms with Crippen LogP contribution >= 0.6 is 0 Å². The first kappa shape index (κ1) is 13.0. The number of rotatable bonds is 0. The first-order valence-electron chi connectivity index (χ1n) is 2.17. The van der Waals surface area contributed by atoms with E-state index < -0.39 is 19.5 Å². The van der Waals surface area contributed by atoms with Gasteiger partial charge in [-0.1, -0.05) is 0 Å². The second-order valence-corrected chi connectivity index (χ2v) is 7.01. The topological polar surface area (TPSA) is 16.6 Å². The van der Waals surface area contributed by atoms with Gasteiger partial charge in [0.1, 0.15) is 0 Å². The Kier molecular flexibility index (Phi) is 3.17. The summed E-state index contributed by atoms with van der Waals surface area (Å²) in [6.45, 7) is 0. The van der Waals surface area contributed by atoms with Crippen LogP contribution in [0.5, 0.6) is 0 Å². The van der Waals surface area contributed by atoms with Crippen LogP contribution in [0.2, 0.25) is 0 Å². The van der Waals surface area contributed by atoms with Crippen molar-refractivity contribution in [2.45, 2.75) is 0 Å². The minimum atomic E-state index is -11.2. The summed E-state index contributed by atoms with van der Waals surface area (Å²) in [6, 6.07) is 0. The molecule has 0 saturated carbocycles. The van der Waals surface area contributed by atoms with Gasteiger partial charge in [-0.25, -0.2) is 0 Å². The maximum absolute atomic E-state index is 11.2. The van der Waals surface area contributed by atoms with Gasteiger partial charge in [-0.15, -0.1) is 0 Å². The molecule has 0 radical (unpaired) electrons. The van der Waals surface area contributed by atoms with Crippen LogP contribution < -0.4 is 5.32 Å². The summed E-state index contributed by atoms with van der Waals surface area (Å²) < 4.78 is 59.6. The average Bonchev–Trinajstić information content (AvgIpc) is 1.20. The van der Waals surface area contributed by atoms with Crippen molar-refractivity contribution in [1.82, 2.24) is 0 Å². The molecule has 0 aromatic rings. The van der Waals surface area contributed by atoms with Gasteiger partial charge in [-0.2, -0.15) is 0 Å². The molecule has 0 saturated heterocycles. The SMILES string of the molecule is C[NH2+]C.[F][Sb-]([F])([F])([F])([F])[F]. The fourth-order valence-corrected chi connectivity index (χ4v) is 0. The molecule has 8 heteroatoms. The predicted octanol–water partition coefficient (Wildman–Crippen LogP) is 0.950. The van der Waals surface area contributed by atoms with Gasteiger partial charge in [-0.05, 0) is 0 Å². The maximum atomic E-state index is 9.93. The van der Waals surface area contributed by atoms with Gasteiger partial charge in [0, 0.05) is 0 Å². The average molecular weight is 282 g/mol. The zero-order chi connectivity index (χ0) is 9.12. The van der Waals surface area contributed by atoms with Gasteiger partial charge in [0.2, 0.25) is 0 Å². The van der Waals surface area contributed by atoms with Crippen LogP contribution in [0.15, 0.2) is 0 Å². The Labute approximate surface area is 56.3 Å². The molecule has 0 aliphatic carbocycles. The third-order valence-corrected chi connectivity index (χ3v) is 0. The van der Waals surface area contributed by atoms with Crippen molar-refractivity contribution < 1.29 is 22.2 Å². The van der Waals surface area contributed by atoms with Crippen LogP contribution in [0.4, 0.5) is 16.9 Å². The van der Waals surface area contributed by atoms with Crippen LogP contribution in [0.25, 0.3) is 0 Å². The van der Waals surface area contributed by atoms with E-state index in [1.165, 1.54) is 0 Å². The summed E-state index contributed by atoms with van der Waals surface area (Å²) in [4.78, 5) is 0. The van der Waals surface area contributed by atoms with E-state index in [4.69, 9.17) is 0 Å². The Bertz CT molecular complexity index is 85.1. The van der Waals surface area contributed by atoms with Crippen molar-refractivity contribution in [3.05, 3.63) is 0 Å². The molecule has 0 aromatic carbocycles. The molecule has 0 bridgehead atoms. The Morgan fingerprint density at radius 2 is 0.800 bits per heavy atom. The summed E-state index contributed by atoms with van der Waals surface area (Å²) in [5.74, 6) is 0. The Hall–Kier alpha value is 0.358. The molecule has 0 aliphatic rings. The molecule has 1 nitrogen and oxygen atoms in total. The van der Waals surface area contributed by atoms with E-state index >= 15 is 0 Å². The summed E-state index contributed by atoms with van der Waals surface area (Å²) in [6.07, 6.45) is 0. The zero-order valence-corrected chi connectivity index (χ0v) is 7.85. The number of hydrogen-bond acceptors (Lipinski definition) is 0. The molecule has 0 unspecified atom stereocenters.